The van der Waals surface area contributed by atoms with Crippen LogP contribution in [0.1, 0.15) is 39.2 Å². The molecule has 0 saturated carbocycles. The van der Waals surface area contributed by atoms with Gasteiger partial charge in [-0.25, -0.2) is 9.97 Å². The van der Waals surface area contributed by atoms with Gasteiger partial charge >= 0.3 is 0 Å². The molecule has 19 heavy (non-hydrogen) atoms. The first kappa shape index (κ1) is 15.7. The van der Waals surface area contributed by atoms with Gasteiger partial charge in [0.1, 0.15) is 17.3 Å². The fraction of sp³-hybridized carbons (Fsp3) is 0.615. The molecule has 0 aliphatic carbocycles. The highest BCUT2D eigenvalue weighted by atomic mass is 35.5. The number of hydrogen-bond donors (Lipinski definition) is 2. The van der Waals surface area contributed by atoms with Crippen LogP contribution in [0.25, 0.3) is 0 Å². The van der Waals surface area contributed by atoms with Crippen LogP contribution in [0.15, 0.2) is 6.33 Å². The maximum atomic E-state index is 11.6. The first-order valence-corrected chi connectivity index (χ1v) is 6.98. The van der Waals surface area contributed by atoms with Gasteiger partial charge in [0.15, 0.2) is 0 Å². The monoisotopic (exact) mass is 284 g/mol. The highest BCUT2D eigenvalue weighted by Gasteiger charge is 2.09. The minimum Gasteiger partial charge on any atom is -0.369 e. The Morgan fingerprint density at radius 3 is 2.79 bits per heavy atom. The van der Waals surface area contributed by atoms with Crippen LogP contribution in [0.3, 0.4) is 0 Å². The number of aromatic nitrogens is 2. The van der Waals surface area contributed by atoms with Gasteiger partial charge in [0.2, 0.25) is 5.91 Å². The summed E-state index contributed by atoms with van der Waals surface area (Å²) in [6.07, 6.45) is 3.51. The van der Waals surface area contributed by atoms with Gasteiger partial charge in [-0.1, -0.05) is 25.4 Å². The van der Waals surface area contributed by atoms with Crippen LogP contribution in [0.4, 0.5) is 5.82 Å². The van der Waals surface area contributed by atoms with Crippen molar-refractivity contribution in [2.75, 3.05) is 11.9 Å². The van der Waals surface area contributed by atoms with Gasteiger partial charge in [-0.2, -0.15) is 0 Å². The minimum atomic E-state index is 0.0417. The normalized spacial score (nSPS) is 12.0. The van der Waals surface area contributed by atoms with Crippen molar-refractivity contribution in [1.29, 1.82) is 0 Å². The molecule has 0 aliphatic rings. The van der Waals surface area contributed by atoms with Crippen LogP contribution in [-0.2, 0) is 11.2 Å². The fourth-order valence-corrected chi connectivity index (χ4v) is 1.87. The van der Waals surface area contributed by atoms with Gasteiger partial charge in [0, 0.05) is 24.6 Å². The molecule has 1 rings (SSSR count). The third kappa shape index (κ3) is 5.03. The summed E-state index contributed by atoms with van der Waals surface area (Å²) in [7, 11) is 0. The molecule has 0 aromatic carbocycles. The summed E-state index contributed by atoms with van der Waals surface area (Å²) in [5.41, 5.74) is 0.881. The van der Waals surface area contributed by atoms with E-state index in [9.17, 15) is 4.79 Å². The number of hydrogen-bond acceptors (Lipinski definition) is 4. The largest absolute Gasteiger partial charge is 0.369 e. The molecule has 0 spiro atoms. The fourth-order valence-electron chi connectivity index (χ4n) is 1.60. The third-order valence-electron chi connectivity index (χ3n) is 2.91. The van der Waals surface area contributed by atoms with E-state index in [1.54, 1.807) is 0 Å². The first-order chi connectivity index (χ1) is 9.08. The van der Waals surface area contributed by atoms with E-state index < -0.39 is 0 Å². The van der Waals surface area contributed by atoms with Gasteiger partial charge in [0.05, 0.1) is 0 Å². The third-order valence-corrected chi connectivity index (χ3v) is 3.24. The minimum absolute atomic E-state index is 0.0417. The summed E-state index contributed by atoms with van der Waals surface area (Å²) in [6, 6.07) is 0.215. The van der Waals surface area contributed by atoms with E-state index in [4.69, 9.17) is 11.6 Å². The average molecular weight is 285 g/mol. The van der Waals surface area contributed by atoms with Gasteiger partial charge in [-0.3, -0.25) is 4.79 Å². The summed E-state index contributed by atoms with van der Waals surface area (Å²) in [6.45, 7) is 6.55. The molecule has 0 fully saturated rings. The summed E-state index contributed by atoms with van der Waals surface area (Å²) in [5, 5.41) is 6.51. The molecule has 1 heterocycles. The van der Waals surface area contributed by atoms with Crippen LogP contribution in [0, 0.1) is 0 Å². The Morgan fingerprint density at radius 2 is 2.16 bits per heavy atom. The zero-order chi connectivity index (χ0) is 14.3. The lowest BCUT2D eigenvalue weighted by Gasteiger charge is -2.13. The first-order valence-electron chi connectivity index (χ1n) is 6.61. The smallest absolute Gasteiger partial charge is 0.221 e. The van der Waals surface area contributed by atoms with Crippen molar-refractivity contribution < 1.29 is 4.79 Å². The van der Waals surface area contributed by atoms with Crippen LogP contribution in [0.5, 0.6) is 0 Å². The number of carbonyl (C=O) groups is 1. The van der Waals surface area contributed by atoms with E-state index in [0.717, 1.165) is 18.4 Å². The predicted octanol–water partition coefficient (Wildman–Crippen LogP) is 2.41. The van der Waals surface area contributed by atoms with E-state index in [0.29, 0.717) is 23.9 Å². The molecule has 0 saturated heterocycles. The second-order valence-electron chi connectivity index (χ2n) is 4.40. The molecule has 0 bridgehead atoms. The molecule has 0 radical (unpaired) electrons. The van der Waals surface area contributed by atoms with Crippen LogP contribution >= 0.6 is 11.6 Å². The number of rotatable bonds is 7. The van der Waals surface area contributed by atoms with Gasteiger partial charge in [-0.05, 0) is 19.8 Å². The summed E-state index contributed by atoms with van der Waals surface area (Å²) < 4.78 is 0. The standard InChI is InChI=1S/C13H21ClN4O/c1-4-9(3)18-11(19)6-7-15-13-10(5-2)12(14)16-8-17-13/h8-9H,4-7H2,1-3H3,(H,18,19)(H,15,16,17). The Morgan fingerprint density at radius 1 is 1.42 bits per heavy atom. The summed E-state index contributed by atoms with van der Waals surface area (Å²) in [5.74, 6) is 0.749. The van der Waals surface area contributed by atoms with Gasteiger partial charge < -0.3 is 10.6 Å². The van der Waals surface area contributed by atoms with E-state index in [-0.39, 0.29) is 11.9 Å². The van der Waals surface area contributed by atoms with Crippen molar-refractivity contribution in [3.05, 3.63) is 17.0 Å². The molecule has 1 aromatic rings. The number of nitrogens with one attached hydrogen (secondary N) is 2. The Labute approximate surface area is 119 Å². The number of amides is 1. The highest BCUT2D eigenvalue weighted by molar-refractivity contribution is 6.30. The van der Waals surface area contributed by atoms with Crippen molar-refractivity contribution in [2.45, 2.75) is 46.1 Å². The lowest BCUT2D eigenvalue weighted by atomic mass is 10.2. The van der Waals surface area contributed by atoms with Gasteiger partial charge in [0.25, 0.3) is 0 Å². The number of nitrogens with zero attached hydrogens (tertiary/aromatic N) is 2. The predicted molar refractivity (Wildman–Crippen MR) is 77.4 cm³/mol. The SMILES string of the molecule is CCc1c(Cl)ncnc1NCCC(=O)NC(C)CC. The highest BCUT2D eigenvalue weighted by Crippen LogP contribution is 2.19. The van der Waals surface area contributed by atoms with Crippen molar-refractivity contribution in [3.63, 3.8) is 0 Å². The molecule has 2 N–H and O–H groups in total. The second kappa shape index (κ2) is 7.94. The molecule has 5 nitrogen and oxygen atoms in total. The zero-order valence-corrected chi connectivity index (χ0v) is 12.4. The van der Waals surface area contributed by atoms with Crippen molar-refractivity contribution in [1.82, 2.24) is 15.3 Å². The van der Waals surface area contributed by atoms with Crippen molar-refractivity contribution in [2.24, 2.45) is 0 Å². The average Bonchev–Trinajstić information content (AvgIpc) is 2.38. The van der Waals surface area contributed by atoms with Crippen LogP contribution < -0.4 is 10.6 Å². The van der Waals surface area contributed by atoms with E-state index in [1.807, 2.05) is 20.8 Å². The molecule has 1 atom stereocenters. The molecule has 1 unspecified atom stereocenters. The van der Waals surface area contributed by atoms with Gasteiger partial charge in [-0.15, -0.1) is 0 Å². The number of carbonyl (C=O) groups excluding carboxylic acids is 1. The zero-order valence-electron chi connectivity index (χ0n) is 11.7. The molecular formula is C13H21ClN4O. The quantitative estimate of drug-likeness (QED) is 0.755. The lowest BCUT2D eigenvalue weighted by Crippen LogP contribution is -2.33. The summed E-state index contributed by atoms with van der Waals surface area (Å²) in [4.78, 5) is 19.7. The maximum absolute atomic E-state index is 11.6. The molecule has 6 heteroatoms. The second-order valence-corrected chi connectivity index (χ2v) is 4.76. The molecule has 1 amide bonds. The van der Waals surface area contributed by atoms with E-state index in [2.05, 4.69) is 20.6 Å². The summed E-state index contributed by atoms with van der Waals surface area (Å²) >= 11 is 5.99. The van der Waals surface area contributed by atoms with Crippen LogP contribution in [0.2, 0.25) is 5.15 Å². The maximum Gasteiger partial charge on any atom is 0.221 e. The molecule has 1 aromatic heterocycles. The van der Waals surface area contributed by atoms with E-state index in [1.165, 1.54) is 6.33 Å². The molecule has 106 valence electrons. The molecular weight excluding hydrogens is 264 g/mol. The van der Waals surface area contributed by atoms with Crippen molar-refractivity contribution in [3.8, 4) is 0 Å². The Hall–Kier alpha value is -1.36. The Kier molecular flexibility index (Phi) is 6.56. The lowest BCUT2D eigenvalue weighted by molar-refractivity contribution is -0.121. The van der Waals surface area contributed by atoms with Crippen LogP contribution in [-0.4, -0.2) is 28.5 Å². The Bertz CT molecular complexity index is 425. The topological polar surface area (TPSA) is 66.9 Å². The Balaban J connectivity index is 2.45. The van der Waals surface area contributed by atoms with Crippen molar-refractivity contribution >= 4 is 23.3 Å². The number of halogens is 1. The molecule has 0 aliphatic heterocycles. The number of anilines is 1. The van der Waals surface area contributed by atoms with E-state index >= 15 is 0 Å².